The lowest BCUT2D eigenvalue weighted by Crippen LogP contribution is -2.28. The average molecular weight is 294 g/mol. The van der Waals surface area contributed by atoms with Crippen LogP contribution in [0.15, 0.2) is 0 Å². The van der Waals surface area contributed by atoms with Crippen LogP contribution in [-0.4, -0.2) is 41.3 Å². The minimum Gasteiger partial charge on any atom is -0.360 e. The third kappa shape index (κ3) is 4.31. The van der Waals surface area contributed by atoms with Crippen LogP contribution in [0, 0.1) is 5.92 Å². The van der Waals surface area contributed by atoms with Crippen molar-refractivity contribution in [3.05, 3.63) is 5.01 Å². The fourth-order valence-electron chi connectivity index (χ4n) is 2.14. The van der Waals surface area contributed by atoms with Crippen LogP contribution in [0.4, 0.5) is 18.3 Å². The number of nitrogens with one attached hydrogen (secondary N) is 1. The Kier molecular flexibility index (Phi) is 4.62. The van der Waals surface area contributed by atoms with Gasteiger partial charge < -0.3 is 10.2 Å². The van der Waals surface area contributed by atoms with Gasteiger partial charge in [-0.15, -0.1) is 10.2 Å². The van der Waals surface area contributed by atoms with Crippen molar-refractivity contribution in [2.45, 2.75) is 25.9 Å². The maximum Gasteiger partial charge on any atom is 0.445 e. The third-order valence-corrected chi connectivity index (χ3v) is 3.96. The molecular formula is C11H17F3N4S. The molecule has 0 spiro atoms. The van der Waals surface area contributed by atoms with Crippen LogP contribution in [0.1, 0.15) is 24.8 Å². The number of halogens is 3. The summed E-state index contributed by atoms with van der Waals surface area (Å²) in [5, 5.41) is 8.91. The molecule has 0 saturated carbocycles. The highest BCUT2D eigenvalue weighted by molar-refractivity contribution is 7.15. The van der Waals surface area contributed by atoms with E-state index in [1.54, 1.807) is 0 Å². The van der Waals surface area contributed by atoms with Gasteiger partial charge in [-0.3, -0.25) is 0 Å². The van der Waals surface area contributed by atoms with Gasteiger partial charge in [0.05, 0.1) is 0 Å². The Labute approximate surface area is 114 Å². The van der Waals surface area contributed by atoms with Crippen molar-refractivity contribution < 1.29 is 13.2 Å². The molecule has 1 aliphatic rings. The fourth-order valence-corrected chi connectivity index (χ4v) is 2.76. The number of anilines is 1. The van der Waals surface area contributed by atoms with E-state index in [2.05, 4.69) is 27.3 Å². The second kappa shape index (κ2) is 6.04. The lowest BCUT2D eigenvalue weighted by molar-refractivity contribution is -0.138. The molecule has 0 radical (unpaired) electrons. The number of rotatable bonds is 5. The van der Waals surface area contributed by atoms with Crippen molar-refractivity contribution in [3.63, 3.8) is 0 Å². The predicted octanol–water partition coefficient (Wildman–Crippen LogP) is 2.70. The zero-order valence-electron chi connectivity index (χ0n) is 10.7. The summed E-state index contributed by atoms with van der Waals surface area (Å²) in [6, 6.07) is 0. The van der Waals surface area contributed by atoms with Crippen LogP contribution >= 0.6 is 11.3 Å². The standard InChI is InChI=1S/C11H17F3N4S/c1-8(7-18-4-2-3-5-18)6-15-10-17-16-9(19-10)11(12,13)14/h8H,2-7H2,1H3,(H,15,17). The van der Waals surface area contributed by atoms with Gasteiger partial charge >= 0.3 is 6.18 Å². The Morgan fingerprint density at radius 2 is 2.00 bits per heavy atom. The highest BCUT2D eigenvalue weighted by Crippen LogP contribution is 2.32. The summed E-state index contributed by atoms with van der Waals surface area (Å²) in [7, 11) is 0. The van der Waals surface area contributed by atoms with Crippen LogP contribution in [0.5, 0.6) is 0 Å². The predicted molar refractivity (Wildman–Crippen MR) is 68.2 cm³/mol. The highest BCUT2D eigenvalue weighted by atomic mass is 32.1. The molecule has 1 atom stereocenters. The summed E-state index contributed by atoms with van der Waals surface area (Å²) in [5.74, 6) is 0.372. The molecule has 19 heavy (non-hydrogen) atoms. The van der Waals surface area contributed by atoms with E-state index in [1.165, 1.54) is 12.8 Å². The number of alkyl halides is 3. The summed E-state index contributed by atoms with van der Waals surface area (Å²) in [6.07, 6.45) is -1.92. The second-order valence-corrected chi connectivity index (χ2v) is 5.88. The minimum atomic E-state index is -4.40. The molecule has 108 valence electrons. The molecule has 1 saturated heterocycles. The van der Waals surface area contributed by atoms with Crippen LogP contribution in [-0.2, 0) is 6.18 Å². The molecule has 1 fully saturated rings. The molecule has 0 amide bonds. The van der Waals surface area contributed by atoms with E-state index in [0.29, 0.717) is 23.8 Å². The van der Waals surface area contributed by atoms with E-state index in [4.69, 9.17) is 0 Å². The zero-order valence-corrected chi connectivity index (χ0v) is 11.5. The molecule has 1 N–H and O–H groups in total. The van der Waals surface area contributed by atoms with Crippen molar-refractivity contribution in [2.24, 2.45) is 5.92 Å². The summed E-state index contributed by atoms with van der Waals surface area (Å²) in [4.78, 5) is 2.38. The molecule has 0 bridgehead atoms. The van der Waals surface area contributed by atoms with Crippen molar-refractivity contribution in [3.8, 4) is 0 Å². The molecule has 1 aromatic rings. The van der Waals surface area contributed by atoms with Gasteiger partial charge in [-0.2, -0.15) is 13.2 Å². The number of hydrogen-bond donors (Lipinski definition) is 1. The Balaban J connectivity index is 1.76. The molecule has 2 heterocycles. The van der Waals surface area contributed by atoms with E-state index < -0.39 is 11.2 Å². The van der Waals surface area contributed by atoms with Crippen LogP contribution in [0.2, 0.25) is 0 Å². The first-order chi connectivity index (χ1) is 8.95. The maximum absolute atomic E-state index is 12.3. The first kappa shape index (κ1) is 14.5. The summed E-state index contributed by atoms with van der Waals surface area (Å²) in [5.41, 5.74) is 0. The van der Waals surface area contributed by atoms with Crippen molar-refractivity contribution in [1.82, 2.24) is 15.1 Å². The van der Waals surface area contributed by atoms with Crippen LogP contribution in [0.25, 0.3) is 0 Å². The van der Waals surface area contributed by atoms with E-state index >= 15 is 0 Å². The molecule has 1 aliphatic heterocycles. The molecule has 0 aliphatic carbocycles. The molecular weight excluding hydrogens is 277 g/mol. The quantitative estimate of drug-likeness (QED) is 0.906. The largest absolute Gasteiger partial charge is 0.445 e. The van der Waals surface area contributed by atoms with Gasteiger partial charge in [0.2, 0.25) is 10.1 Å². The minimum absolute atomic E-state index is 0.237. The van der Waals surface area contributed by atoms with E-state index in [9.17, 15) is 13.2 Å². The van der Waals surface area contributed by atoms with Gasteiger partial charge in [0.25, 0.3) is 0 Å². The normalized spacial score (nSPS) is 18.7. The lowest BCUT2D eigenvalue weighted by Gasteiger charge is -2.20. The van der Waals surface area contributed by atoms with E-state index in [1.807, 2.05) is 0 Å². The van der Waals surface area contributed by atoms with Crippen molar-refractivity contribution >= 4 is 16.5 Å². The maximum atomic E-state index is 12.3. The smallest absolute Gasteiger partial charge is 0.360 e. The first-order valence-corrected chi connectivity index (χ1v) is 7.13. The number of nitrogens with zero attached hydrogens (tertiary/aromatic N) is 3. The number of aromatic nitrogens is 2. The molecule has 1 unspecified atom stereocenters. The fraction of sp³-hybridized carbons (Fsp3) is 0.818. The lowest BCUT2D eigenvalue weighted by atomic mass is 10.2. The summed E-state index contributed by atoms with van der Waals surface area (Å²) in [6.45, 7) is 5.92. The topological polar surface area (TPSA) is 41.1 Å². The monoisotopic (exact) mass is 294 g/mol. The number of likely N-dealkylation sites (tertiary alicyclic amines) is 1. The van der Waals surface area contributed by atoms with Gasteiger partial charge in [0.1, 0.15) is 0 Å². The Morgan fingerprint density at radius 3 is 2.58 bits per heavy atom. The number of hydrogen-bond acceptors (Lipinski definition) is 5. The highest BCUT2D eigenvalue weighted by Gasteiger charge is 2.35. The first-order valence-electron chi connectivity index (χ1n) is 6.32. The zero-order chi connectivity index (χ0) is 13.9. The Morgan fingerprint density at radius 1 is 1.32 bits per heavy atom. The van der Waals surface area contributed by atoms with Gasteiger partial charge in [-0.25, -0.2) is 0 Å². The van der Waals surface area contributed by atoms with Gasteiger partial charge in [0.15, 0.2) is 0 Å². The average Bonchev–Trinajstić information content (AvgIpc) is 2.95. The molecule has 0 aromatic carbocycles. The van der Waals surface area contributed by atoms with Crippen molar-refractivity contribution in [1.29, 1.82) is 0 Å². The summed E-state index contributed by atoms with van der Waals surface area (Å²) < 4.78 is 37.0. The third-order valence-electron chi connectivity index (χ3n) is 3.04. The van der Waals surface area contributed by atoms with E-state index in [0.717, 1.165) is 19.6 Å². The van der Waals surface area contributed by atoms with Gasteiger partial charge in [-0.05, 0) is 31.8 Å². The molecule has 1 aromatic heterocycles. The Hall–Kier alpha value is -0.890. The van der Waals surface area contributed by atoms with Crippen molar-refractivity contribution in [2.75, 3.05) is 31.5 Å². The van der Waals surface area contributed by atoms with Gasteiger partial charge in [0, 0.05) is 13.1 Å². The molecule has 4 nitrogen and oxygen atoms in total. The van der Waals surface area contributed by atoms with Crippen LogP contribution < -0.4 is 5.32 Å². The van der Waals surface area contributed by atoms with E-state index in [-0.39, 0.29) is 5.13 Å². The Bertz CT molecular complexity index is 401. The SMILES string of the molecule is CC(CNc1nnc(C(F)(F)F)s1)CN1CCCC1. The van der Waals surface area contributed by atoms with Gasteiger partial charge in [-0.1, -0.05) is 18.3 Å². The van der Waals surface area contributed by atoms with Crippen LogP contribution in [0.3, 0.4) is 0 Å². The second-order valence-electron chi connectivity index (χ2n) is 4.90. The summed E-state index contributed by atoms with van der Waals surface area (Å²) >= 11 is 0.553. The molecule has 8 heteroatoms. The molecule has 2 rings (SSSR count).